The van der Waals surface area contributed by atoms with Crippen molar-refractivity contribution < 1.29 is 17.9 Å². The minimum atomic E-state index is -1.51. The third-order valence-corrected chi connectivity index (χ3v) is 2.04. The minimum absolute atomic E-state index is 0.675. The van der Waals surface area contributed by atoms with Crippen LogP contribution in [0.5, 0.6) is 5.75 Å². The van der Waals surface area contributed by atoms with Gasteiger partial charge in [0.2, 0.25) is 5.82 Å². The molecule has 0 saturated heterocycles. The van der Waals surface area contributed by atoms with Crippen molar-refractivity contribution in [2.24, 2.45) is 0 Å². The molecule has 1 nitrogen and oxygen atoms in total. The predicted molar refractivity (Wildman–Crippen MR) is 42.9 cm³/mol. The molecule has 0 aliphatic heterocycles. The van der Waals surface area contributed by atoms with E-state index in [1.165, 1.54) is 0 Å². The Bertz CT molecular complexity index is 325. The van der Waals surface area contributed by atoms with Crippen molar-refractivity contribution in [3.63, 3.8) is 0 Å². The molecule has 0 fully saturated rings. The zero-order valence-corrected chi connectivity index (χ0v) is 7.81. The monoisotopic (exact) mass is 230 g/mol. The zero-order valence-electron chi connectivity index (χ0n) is 6.30. The van der Waals surface area contributed by atoms with Gasteiger partial charge in [-0.15, -0.1) is 0 Å². The SMILES string of the molecule is COc1c(F)c(F)c(Cl)c(F)c1Cl. The van der Waals surface area contributed by atoms with Crippen LogP contribution in [0.3, 0.4) is 0 Å². The summed E-state index contributed by atoms with van der Waals surface area (Å²) in [4.78, 5) is 0. The maximum Gasteiger partial charge on any atom is 0.203 e. The molecule has 6 heteroatoms. The predicted octanol–water partition coefficient (Wildman–Crippen LogP) is 3.42. The van der Waals surface area contributed by atoms with E-state index in [-0.39, 0.29) is 0 Å². The number of methoxy groups -OCH3 is 1. The van der Waals surface area contributed by atoms with Crippen LogP contribution in [0.2, 0.25) is 10.0 Å². The Labute approximate surface area is 82.0 Å². The van der Waals surface area contributed by atoms with Crippen molar-refractivity contribution in [2.75, 3.05) is 7.11 Å². The summed E-state index contributed by atoms with van der Waals surface area (Å²) in [6, 6.07) is 0. The van der Waals surface area contributed by atoms with E-state index in [0.29, 0.717) is 0 Å². The lowest BCUT2D eigenvalue weighted by Crippen LogP contribution is -1.97. The lowest BCUT2D eigenvalue weighted by Gasteiger charge is -2.07. The second-order valence-electron chi connectivity index (χ2n) is 2.10. The molecule has 0 atom stereocenters. The van der Waals surface area contributed by atoms with Gasteiger partial charge in [-0.1, -0.05) is 23.2 Å². The number of hydrogen-bond donors (Lipinski definition) is 0. The topological polar surface area (TPSA) is 9.23 Å². The fourth-order valence-corrected chi connectivity index (χ4v) is 1.24. The summed E-state index contributed by atoms with van der Waals surface area (Å²) < 4.78 is 42.8. The Hall–Kier alpha value is -0.610. The first-order valence-corrected chi connectivity index (χ1v) is 3.81. The molecule has 0 N–H and O–H groups in total. The van der Waals surface area contributed by atoms with Gasteiger partial charge in [0.1, 0.15) is 10.0 Å². The normalized spacial score (nSPS) is 10.3. The van der Waals surface area contributed by atoms with Crippen molar-refractivity contribution >= 4 is 23.2 Å². The molecule has 0 aliphatic carbocycles. The lowest BCUT2D eigenvalue weighted by atomic mass is 10.3. The van der Waals surface area contributed by atoms with Crippen LogP contribution in [0.4, 0.5) is 13.2 Å². The van der Waals surface area contributed by atoms with Gasteiger partial charge >= 0.3 is 0 Å². The Kier molecular flexibility index (Phi) is 2.93. The van der Waals surface area contributed by atoms with Gasteiger partial charge in [-0.3, -0.25) is 0 Å². The molecule has 1 rings (SSSR count). The van der Waals surface area contributed by atoms with Gasteiger partial charge in [-0.05, 0) is 0 Å². The molecule has 72 valence electrons. The van der Waals surface area contributed by atoms with Gasteiger partial charge in [0, 0.05) is 0 Å². The highest BCUT2D eigenvalue weighted by Gasteiger charge is 2.23. The van der Waals surface area contributed by atoms with Gasteiger partial charge in [-0.2, -0.15) is 4.39 Å². The van der Waals surface area contributed by atoms with Crippen molar-refractivity contribution in [2.45, 2.75) is 0 Å². The van der Waals surface area contributed by atoms with E-state index < -0.39 is 33.2 Å². The number of hydrogen-bond acceptors (Lipinski definition) is 1. The smallest absolute Gasteiger partial charge is 0.203 e. The molecule has 0 bridgehead atoms. The van der Waals surface area contributed by atoms with Gasteiger partial charge in [0.25, 0.3) is 0 Å². The molecule has 1 aromatic rings. The summed E-state index contributed by atoms with van der Waals surface area (Å²) in [5, 5.41) is -1.66. The average Bonchev–Trinajstić information content (AvgIpc) is 2.13. The summed E-state index contributed by atoms with van der Waals surface area (Å²) in [5.41, 5.74) is 0. The Morgan fingerprint density at radius 1 is 0.923 bits per heavy atom. The van der Waals surface area contributed by atoms with Gasteiger partial charge in [0.15, 0.2) is 17.4 Å². The summed E-state index contributed by atoms with van der Waals surface area (Å²) in [6.45, 7) is 0. The van der Waals surface area contributed by atoms with Crippen molar-refractivity contribution in [3.8, 4) is 5.75 Å². The summed E-state index contributed by atoms with van der Waals surface area (Å²) >= 11 is 10.4. The van der Waals surface area contributed by atoms with Crippen LogP contribution in [-0.4, -0.2) is 7.11 Å². The van der Waals surface area contributed by atoms with Gasteiger partial charge in [0.05, 0.1) is 7.11 Å². The average molecular weight is 231 g/mol. The highest BCUT2D eigenvalue weighted by atomic mass is 35.5. The Morgan fingerprint density at radius 3 is 1.92 bits per heavy atom. The maximum atomic E-state index is 12.9. The molecule has 0 spiro atoms. The fraction of sp³-hybridized carbons (Fsp3) is 0.143. The largest absolute Gasteiger partial charge is 0.492 e. The molecular formula is C7H3Cl2F3O. The van der Waals surface area contributed by atoms with Crippen molar-refractivity contribution in [1.29, 1.82) is 0 Å². The second-order valence-corrected chi connectivity index (χ2v) is 2.86. The maximum absolute atomic E-state index is 12.9. The summed E-state index contributed by atoms with van der Waals surface area (Å²) in [7, 11) is 1.04. The van der Waals surface area contributed by atoms with E-state index in [1.807, 2.05) is 0 Å². The molecule has 0 amide bonds. The van der Waals surface area contributed by atoms with Crippen LogP contribution in [0, 0.1) is 17.5 Å². The molecule has 1 aromatic carbocycles. The molecular weight excluding hydrogens is 228 g/mol. The van der Waals surface area contributed by atoms with E-state index in [1.54, 1.807) is 0 Å². The Morgan fingerprint density at radius 2 is 1.46 bits per heavy atom. The van der Waals surface area contributed by atoms with Crippen LogP contribution in [-0.2, 0) is 0 Å². The Balaban J connectivity index is 3.56. The van der Waals surface area contributed by atoms with E-state index in [9.17, 15) is 13.2 Å². The number of halogens is 5. The van der Waals surface area contributed by atoms with E-state index in [0.717, 1.165) is 7.11 Å². The lowest BCUT2D eigenvalue weighted by molar-refractivity contribution is 0.367. The number of ether oxygens (including phenoxy) is 1. The molecule has 0 aromatic heterocycles. The minimum Gasteiger partial charge on any atom is -0.492 e. The van der Waals surface area contributed by atoms with Crippen LogP contribution in [0.15, 0.2) is 0 Å². The standard InChI is InChI=1S/C7H3Cl2F3O/c1-13-7-3(9)4(10)2(8)5(11)6(7)12/h1H3. The first-order chi connectivity index (χ1) is 6.00. The fourth-order valence-electron chi connectivity index (χ4n) is 0.764. The molecule has 0 aliphatic rings. The molecule has 0 unspecified atom stereocenters. The van der Waals surface area contributed by atoms with Crippen LogP contribution >= 0.6 is 23.2 Å². The van der Waals surface area contributed by atoms with Crippen LogP contribution < -0.4 is 4.74 Å². The summed E-state index contributed by atoms with van der Waals surface area (Å²) in [6.07, 6.45) is 0. The van der Waals surface area contributed by atoms with Gasteiger partial charge in [-0.25, -0.2) is 8.78 Å². The van der Waals surface area contributed by atoms with Crippen molar-refractivity contribution in [1.82, 2.24) is 0 Å². The summed E-state index contributed by atoms with van der Waals surface area (Å²) in [5.74, 6) is -4.85. The molecule has 13 heavy (non-hydrogen) atoms. The van der Waals surface area contributed by atoms with Crippen molar-refractivity contribution in [3.05, 3.63) is 27.5 Å². The number of rotatable bonds is 1. The van der Waals surface area contributed by atoms with Crippen LogP contribution in [0.1, 0.15) is 0 Å². The first kappa shape index (κ1) is 10.5. The quantitative estimate of drug-likeness (QED) is 0.531. The van der Waals surface area contributed by atoms with Crippen LogP contribution in [0.25, 0.3) is 0 Å². The van der Waals surface area contributed by atoms with Gasteiger partial charge < -0.3 is 4.74 Å². The second kappa shape index (κ2) is 3.64. The highest BCUT2D eigenvalue weighted by molar-refractivity contribution is 6.35. The zero-order chi connectivity index (χ0) is 10.2. The molecule has 0 heterocycles. The highest BCUT2D eigenvalue weighted by Crippen LogP contribution is 2.36. The van der Waals surface area contributed by atoms with E-state index in [4.69, 9.17) is 23.2 Å². The third kappa shape index (κ3) is 1.56. The van der Waals surface area contributed by atoms with E-state index >= 15 is 0 Å². The molecule has 0 radical (unpaired) electrons. The van der Waals surface area contributed by atoms with E-state index in [2.05, 4.69) is 4.74 Å². The third-order valence-electron chi connectivity index (χ3n) is 1.37. The molecule has 0 saturated carbocycles. The first-order valence-electron chi connectivity index (χ1n) is 3.06. The number of benzene rings is 1.